The molecule has 3 rings (SSSR count). The van der Waals surface area contributed by atoms with Gasteiger partial charge in [-0.15, -0.1) is 0 Å². The largest absolute Gasteiger partial charge is 0.356 e. The van der Waals surface area contributed by atoms with Gasteiger partial charge in [0.05, 0.1) is 5.92 Å². The standard InChI is InChI=1S/C18H22F2N2O2/c1-2-21-17(23)11-4-3-7-22(10-11)18(24)15-9-13(15)14-8-12(19)5-6-16(14)20/h5-6,8,11,13,15H,2-4,7,9-10H2,1H3,(H,21,23)/t11-,13-,15+/m1/s1. The van der Waals surface area contributed by atoms with Crippen molar-refractivity contribution in [3.8, 4) is 0 Å². The number of hydrogen-bond acceptors (Lipinski definition) is 2. The van der Waals surface area contributed by atoms with E-state index >= 15 is 0 Å². The van der Waals surface area contributed by atoms with Gasteiger partial charge in [0.15, 0.2) is 0 Å². The van der Waals surface area contributed by atoms with Crippen molar-refractivity contribution in [2.45, 2.75) is 32.1 Å². The minimum Gasteiger partial charge on any atom is -0.356 e. The summed E-state index contributed by atoms with van der Waals surface area (Å²) in [5, 5.41) is 2.80. The van der Waals surface area contributed by atoms with Crippen LogP contribution in [0, 0.1) is 23.5 Å². The van der Waals surface area contributed by atoms with Crippen LogP contribution in [0.5, 0.6) is 0 Å². The normalized spacial score (nSPS) is 26.1. The fraction of sp³-hybridized carbons (Fsp3) is 0.556. The first-order chi connectivity index (χ1) is 11.5. The molecule has 1 N–H and O–H groups in total. The van der Waals surface area contributed by atoms with Crippen molar-refractivity contribution in [2.24, 2.45) is 11.8 Å². The molecule has 1 saturated carbocycles. The Morgan fingerprint density at radius 3 is 2.88 bits per heavy atom. The van der Waals surface area contributed by atoms with Crippen LogP contribution in [0.2, 0.25) is 0 Å². The molecular weight excluding hydrogens is 314 g/mol. The summed E-state index contributed by atoms with van der Waals surface area (Å²) in [5.41, 5.74) is 0.283. The van der Waals surface area contributed by atoms with E-state index in [1.165, 1.54) is 6.07 Å². The van der Waals surface area contributed by atoms with Crippen molar-refractivity contribution in [3.63, 3.8) is 0 Å². The van der Waals surface area contributed by atoms with E-state index in [0.29, 0.717) is 26.1 Å². The van der Waals surface area contributed by atoms with Gasteiger partial charge in [0.1, 0.15) is 11.6 Å². The predicted molar refractivity (Wildman–Crippen MR) is 85.2 cm³/mol. The number of carbonyl (C=O) groups is 2. The summed E-state index contributed by atoms with van der Waals surface area (Å²) >= 11 is 0. The van der Waals surface area contributed by atoms with Crippen LogP contribution in [-0.4, -0.2) is 36.3 Å². The lowest BCUT2D eigenvalue weighted by Crippen LogP contribution is -2.46. The lowest BCUT2D eigenvalue weighted by Gasteiger charge is -2.32. The van der Waals surface area contributed by atoms with E-state index in [2.05, 4.69) is 5.32 Å². The number of halogens is 2. The molecule has 1 saturated heterocycles. The summed E-state index contributed by atoms with van der Waals surface area (Å²) in [5.74, 6) is -1.73. The number of nitrogens with one attached hydrogen (secondary N) is 1. The molecule has 0 spiro atoms. The van der Waals surface area contributed by atoms with Crippen LogP contribution in [-0.2, 0) is 9.59 Å². The maximum absolute atomic E-state index is 13.8. The third-order valence-corrected chi connectivity index (χ3v) is 4.92. The van der Waals surface area contributed by atoms with Crippen molar-refractivity contribution in [2.75, 3.05) is 19.6 Å². The monoisotopic (exact) mass is 336 g/mol. The molecule has 2 amide bonds. The summed E-state index contributed by atoms with van der Waals surface area (Å²) in [7, 11) is 0. The Kier molecular flexibility index (Phi) is 4.83. The molecule has 0 radical (unpaired) electrons. The number of nitrogens with zero attached hydrogens (tertiary/aromatic N) is 1. The Bertz CT molecular complexity index is 650. The molecule has 0 unspecified atom stereocenters. The number of carbonyl (C=O) groups excluding carboxylic acids is 2. The zero-order valence-electron chi connectivity index (χ0n) is 13.7. The highest BCUT2D eigenvalue weighted by atomic mass is 19.1. The Morgan fingerprint density at radius 1 is 1.33 bits per heavy atom. The molecule has 2 aliphatic rings. The van der Waals surface area contributed by atoms with Gasteiger partial charge in [-0.25, -0.2) is 8.78 Å². The molecule has 1 heterocycles. The molecule has 3 atom stereocenters. The van der Waals surface area contributed by atoms with Crippen LogP contribution in [0.25, 0.3) is 0 Å². The zero-order chi connectivity index (χ0) is 17.3. The van der Waals surface area contributed by atoms with Crippen molar-refractivity contribution >= 4 is 11.8 Å². The topological polar surface area (TPSA) is 49.4 Å². The maximum atomic E-state index is 13.8. The third kappa shape index (κ3) is 3.42. The number of benzene rings is 1. The molecule has 130 valence electrons. The van der Waals surface area contributed by atoms with E-state index in [9.17, 15) is 18.4 Å². The van der Waals surface area contributed by atoms with Gasteiger partial charge in [0.25, 0.3) is 0 Å². The summed E-state index contributed by atoms with van der Waals surface area (Å²) in [6.07, 6.45) is 2.11. The van der Waals surface area contributed by atoms with Gasteiger partial charge in [-0.05, 0) is 55.9 Å². The molecular formula is C18H22F2N2O2. The van der Waals surface area contributed by atoms with Gasteiger partial charge in [0, 0.05) is 25.6 Å². The fourth-order valence-electron chi connectivity index (χ4n) is 3.55. The van der Waals surface area contributed by atoms with Crippen LogP contribution in [0.1, 0.15) is 37.7 Å². The van der Waals surface area contributed by atoms with E-state index in [4.69, 9.17) is 0 Å². The van der Waals surface area contributed by atoms with E-state index in [1.54, 1.807) is 4.90 Å². The van der Waals surface area contributed by atoms with Crippen molar-refractivity contribution in [1.82, 2.24) is 10.2 Å². The van der Waals surface area contributed by atoms with Gasteiger partial charge >= 0.3 is 0 Å². The summed E-state index contributed by atoms with van der Waals surface area (Å²) < 4.78 is 27.2. The molecule has 6 heteroatoms. The van der Waals surface area contributed by atoms with Gasteiger partial charge in [-0.3, -0.25) is 9.59 Å². The Labute approximate surface area is 140 Å². The smallest absolute Gasteiger partial charge is 0.226 e. The fourth-order valence-corrected chi connectivity index (χ4v) is 3.55. The van der Waals surface area contributed by atoms with Crippen molar-refractivity contribution < 1.29 is 18.4 Å². The van der Waals surface area contributed by atoms with E-state index < -0.39 is 11.6 Å². The summed E-state index contributed by atoms with van der Waals surface area (Å²) in [4.78, 5) is 26.3. The molecule has 0 aromatic heterocycles. The van der Waals surface area contributed by atoms with Gasteiger partial charge < -0.3 is 10.2 Å². The van der Waals surface area contributed by atoms with E-state index in [-0.39, 0.29) is 35.1 Å². The lowest BCUT2D eigenvalue weighted by molar-refractivity contribution is -0.136. The molecule has 0 bridgehead atoms. The molecule has 1 aromatic rings. The molecule has 1 aliphatic heterocycles. The second-order valence-corrected chi connectivity index (χ2v) is 6.63. The number of piperidine rings is 1. The van der Waals surface area contributed by atoms with Gasteiger partial charge in [0.2, 0.25) is 11.8 Å². The van der Waals surface area contributed by atoms with Crippen molar-refractivity contribution in [3.05, 3.63) is 35.4 Å². The average molecular weight is 336 g/mol. The highest BCUT2D eigenvalue weighted by Gasteiger charge is 2.47. The van der Waals surface area contributed by atoms with Crippen LogP contribution in [0.4, 0.5) is 8.78 Å². The molecule has 4 nitrogen and oxygen atoms in total. The highest BCUT2D eigenvalue weighted by Crippen LogP contribution is 2.49. The highest BCUT2D eigenvalue weighted by molar-refractivity contribution is 5.85. The number of amides is 2. The van der Waals surface area contributed by atoms with Crippen LogP contribution < -0.4 is 5.32 Å². The number of rotatable bonds is 4. The molecule has 1 aliphatic carbocycles. The van der Waals surface area contributed by atoms with Crippen LogP contribution in [0.15, 0.2) is 18.2 Å². The van der Waals surface area contributed by atoms with Gasteiger partial charge in [-0.2, -0.15) is 0 Å². The minimum atomic E-state index is -0.487. The Balaban J connectivity index is 1.63. The summed E-state index contributed by atoms with van der Waals surface area (Å²) in [6, 6.07) is 3.37. The van der Waals surface area contributed by atoms with E-state index in [1.807, 2.05) is 6.92 Å². The number of hydrogen-bond donors (Lipinski definition) is 1. The van der Waals surface area contributed by atoms with Crippen LogP contribution >= 0.6 is 0 Å². The first-order valence-electron chi connectivity index (χ1n) is 8.52. The first-order valence-corrected chi connectivity index (χ1v) is 8.52. The molecule has 1 aromatic carbocycles. The predicted octanol–water partition coefficient (Wildman–Crippen LogP) is 2.44. The second kappa shape index (κ2) is 6.87. The minimum absolute atomic E-state index is 0.0153. The summed E-state index contributed by atoms with van der Waals surface area (Å²) in [6.45, 7) is 3.49. The molecule has 24 heavy (non-hydrogen) atoms. The average Bonchev–Trinajstić information content (AvgIpc) is 3.37. The first kappa shape index (κ1) is 16.9. The number of likely N-dealkylation sites (tertiary alicyclic amines) is 1. The van der Waals surface area contributed by atoms with Crippen molar-refractivity contribution in [1.29, 1.82) is 0 Å². The zero-order valence-corrected chi connectivity index (χ0v) is 13.7. The third-order valence-electron chi connectivity index (χ3n) is 4.92. The SMILES string of the molecule is CCNC(=O)[C@@H]1CCCN(C(=O)[C@H]2C[C@@H]2c2cc(F)ccc2F)C1. The van der Waals surface area contributed by atoms with E-state index in [0.717, 1.165) is 25.0 Å². The Morgan fingerprint density at radius 2 is 2.12 bits per heavy atom. The Hall–Kier alpha value is -1.98. The quantitative estimate of drug-likeness (QED) is 0.918. The second-order valence-electron chi connectivity index (χ2n) is 6.63. The maximum Gasteiger partial charge on any atom is 0.226 e. The molecule has 2 fully saturated rings. The van der Waals surface area contributed by atoms with Crippen LogP contribution in [0.3, 0.4) is 0 Å². The van der Waals surface area contributed by atoms with Gasteiger partial charge in [-0.1, -0.05) is 0 Å². The lowest BCUT2D eigenvalue weighted by atomic mass is 9.96.